The van der Waals surface area contributed by atoms with E-state index >= 15 is 0 Å². The standard InChI is InChI=1S/C43H26N2.C25H23BN2O2.C24H15Br/c1-2-12-28-25-29(22-21-27(28)11-1)41-32-14-3-5-16-34(32)42(35-17-6-4-15-33(35)41)30-23-24-36-37(26-30)31-13-7-9-19-39(31)45-40-20-10-8-18-38(40)44-43(36)45;1-24(2)25(3,4)30-26(29-24)16-13-14-18-19(15-16)17-9-5-7-11-21(17)28-22-12-8-6-10-20(22)27-23(18)28;25-24-21-11-5-3-9-19(21)23(20-10-4-6-12-22(20)24)18-14-13-16-7-1-2-8-17(16)15-18/h1-26H;5-15H,1-4H3;1-15H. The molecule has 1 aliphatic rings. The summed E-state index contributed by atoms with van der Waals surface area (Å²) in [5, 5.41) is 22.3. The van der Waals surface area contributed by atoms with Crippen LogP contribution in [0.4, 0.5) is 0 Å². The van der Waals surface area contributed by atoms with Gasteiger partial charge >= 0.3 is 7.12 Å². The molecule has 0 radical (unpaired) electrons. The number of nitrogens with zero attached hydrogens (tertiary/aromatic N) is 4. The zero-order valence-corrected chi connectivity index (χ0v) is 57.2. The predicted molar refractivity (Wildman–Crippen MR) is 427 cm³/mol. The van der Waals surface area contributed by atoms with Gasteiger partial charge in [0.1, 0.15) is 11.3 Å². The van der Waals surface area contributed by atoms with Gasteiger partial charge in [0.25, 0.3) is 0 Å². The summed E-state index contributed by atoms with van der Waals surface area (Å²) < 4.78 is 18.4. The number of pyridine rings is 2. The molecular formula is C92H64BBrN4O2. The van der Waals surface area contributed by atoms with Crippen LogP contribution in [0.15, 0.2) is 320 Å². The minimum absolute atomic E-state index is 0.362. The summed E-state index contributed by atoms with van der Waals surface area (Å²) in [6.45, 7) is 8.35. The molecule has 5 heterocycles. The number of fused-ring (bicyclic) bond motifs is 22. The molecule has 4 aromatic heterocycles. The second-order valence-corrected chi connectivity index (χ2v) is 28.2. The van der Waals surface area contributed by atoms with Crippen molar-refractivity contribution in [2.75, 3.05) is 0 Å². The largest absolute Gasteiger partial charge is 0.494 e. The molecule has 21 rings (SSSR count). The molecule has 0 amide bonds. The normalized spacial score (nSPS) is 13.7. The van der Waals surface area contributed by atoms with Gasteiger partial charge in [-0.15, -0.1) is 0 Å². The van der Waals surface area contributed by atoms with E-state index in [1.54, 1.807) is 0 Å². The fraction of sp³-hybridized carbons (Fsp3) is 0.0652. The van der Waals surface area contributed by atoms with E-state index in [1.807, 2.05) is 6.07 Å². The molecule has 474 valence electrons. The maximum absolute atomic E-state index is 6.30. The quantitative estimate of drug-likeness (QED) is 0.100. The van der Waals surface area contributed by atoms with Crippen LogP contribution in [-0.4, -0.2) is 37.1 Å². The highest BCUT2D eigenvalue weighted by Crippen LogP contribution is 2.47. The van der Waals surface area contributed by atoms with Crippen LogP contribution in [0, 0.1) is 0 Å². The summed E-state index contributed by atoms with van der Waals surface area (Å²) in [6, 6.07) is 113. The SMILES string of the molecule is Brc1c2ccccc2c(-c2ccc3ccccc3c2)c2ccccc12.CC1(C)OB(c2ccc3c(c2)c2ccccc2n2c4ccccc4nc32)OC1(C)C.c1ccc2cc(-c3c4ccccc4c(-c4ccc5c(c4)c4ccccc4n4c6ccccc6nc54)c4ccccc34)ccc2c1. The third-order valence-electron chi connectivity index (χ3n) is 21.2. The van der Waals surface area contributed by atoms with E-state index in [1.165, 1.54) is 130 Å². The second kappa shape index (κ2) is 23.3. The van der Waals surface area contributed by atoms with Crippen LogP contribution in [0.25, 0.3) is 175 Å². The van der Waals surface area contributed by atoms with Crippen LogP contribution in [0.3, 0.4) is 0 Å². The van der Waals surface area contributed by atoms with Crippen LogP contribution < -0.4 is 5.46 Å². The molecule has 100 heavy (non-hydrogen) atoms. The Morgan fingerprint density at radius 3 is 1.04 bits per heavy atom. The highest BCUT2D eigenvalue weighted by Gasteiger charge is 2.51. The average Bonchev–Trinajstić information content (AvgIpc) is 1.36. The summed E-state index contributed by atoms with van der Waals surface area (Å²) in [6.07, 6.45) is 0. The minimum atomic E-state index is -0.381. The molecule has 0 aliphatic carbocycles. The molecule has 6 nitrogen and oxygen atoms in total. The smallest absolute Gasteiger partial charge is 0.399 e. The van der Waals surface area contributed by atoms with Gasteiger partial charge < -0.3 is 9.31 Å². The third-order valence-corrected chi connectivity index (χ3v) is 22.1. The van der Waals surface area contributed by atoms with Crippen molar-refractivity contribution in [2.45, 2.75) is 38.9 Å². The summed E-state index contributed by atoms with van der Waals surface area (Å²) in [4.78, 5) is 10.1. The molecule has 0 bridgehead atoms. The summed E-state index contributed by atoms with van der Waals surface area (Å²) in [5.41, 5.74) is 16.5. The highest BCUT2D eigenvalue weighted by molar-refractivity contribution is 9.10. The van der Waals surface area contributed by atoms with Crippen LogP contribution in [-0.2, 0) is 9.31 Å². The molecule has 16 aromatic carbocycles. The van der Waals surface area contributed by atoms with E-state index in [-0.39, 0.29) is 18.3 Å². The lowest BCUT2D eigenvalue weighted by Crippen LogP contribution is -2.41. The molecule has 0 saturated carbocycles. The first-order chi connectivity index (χ1) is 49.0. The lowest BCUT2D eigenvalue weighted by molar-refractivity contribution is 0.00578. The Balaban J connectivity index is 0.000000110. The number of benzene rings is 16. The monoisotopic (exact) mass is 1350 g/mol. The first kappa shape index (κ1) is 59.7. The molecule has 20 aromatic rings. The lowest BCUT2D eigenvalue weighted by Gasteiger charge is -2.32. The van der Waals surface area contributed by atoms with Gasteiger partial charge in [0.05, 0.1) is 44.3 Å². The van der Waals surface area contributed by atoms with Crippen molar-refractivity contribution < 1.29 is 9.31 Å². The average molecular weight is 1350 g/mol. The van der Waals surface area contributed by atoms with Gasteiger partial charge in [-0.25, -0.2) is 9.97 Å². The highest BCUT2D eigenvalue weighted by atomic mass is 79.9. The second-order valence-electron chi connectivity index (χ2n) is 27.5. The van der Waals surface area contributed by atoms with Gasteiger partial charge in [-0.3, -0.25) is 8.80 Å². The van der Waals surface area contributed by atoms with E-state index in [0.717, 1.165) is 55.1 Å². The molecular weight excluding hydrogens is 1280 g/mol. The number of hydrogen-bond acceptors (Lipinski definition) is 4. The molecule has 0 atom stereocenters. The number of halogens is 1. The molecule has 0 unspecified atom stereocenters. The first-order valence-electron chi connectivity index (χ1n) is 34.3. The maximum atomic E-state index is 6.30. The Hall–Kier alpha value is -11.5. The fourth-order valence-electron chi connectivity index (χ4n) is 15.7. The molecule has 1 saturated heterocycles. The Morgan fingerprint density at radius 2 is 0.600 bits per heavy atom. The van der Waals surface area contributed by atoms with E-state index in [0.29, 0.717) is 0 Å². The van der Waals surface area contributed by atoms with Gasteiger partial charge in [-0.1, -0.05) is 255 Å². The summed E-state index contributed by atoms with van der Waals surface area (Å²) in [5.74, 6) is 0. The zero-order chi connectivity index (χ0) is 67.0. The number of imidazole rings is 2. The Morgan fingerprint density at radius 1 is 0.280 bits per heavy atom. The first-order valence-corrected chi connectivity index (χ1v) is 35.1. The summed E-state index contributed by atoms with van der Waals surface area (Å²) >= 11 is 3.83. The van der Waals surface area contributed by atoms with E-state index < -0.39 is 0 Å². The van der Waals surface area contributed by atoms with Crippen LogP contribution >= 0.6 is 15.9 Å². The van der Waals surface area contributed by atoms with E-state index in [4.69, 9.17) is 19.3 Å². The zero-order valence-electron chi connectivity index (χ0n) is 55.6. The van der Waals surface area contributed by atoms with Gasteiger partial charge in [0.2, 0.25) is 0 Å². The molecule has 0 spiro atoms. The number of hydrogen-bond donors (Lipinski definition) is 0. The van der Waals surface area contributed by atoms with Crippen LogP contribution in [0.2, 0.25) is 0 Å². The number of aromatic nitrogens is 4. The Bertz CT molecular complexity index is 6660. The third kappa shape index (κ3) is 9.53. The van der Waals surface area contributed by atoms with Crippen molar-refractivity contribution in [2.24, 2.45) is 0 Å². The fourth-order valence-corrected chi connectivity index (χ4v) is 16.4. The minimum Gasteiger partial charge on any atom is -0.399 e. The van der Waals surface area contributed by atoms with Crippen molar-refractivity contribution >= 4 is 170 Å². The Labute approximate surface area is 586 Å². The topological polar surface area (TPSA) is 53.1 Å². The van der Waals surface area contributed by atoms with Crippen LogP contribution in [0.1, 0.15) is 27.7 Å². The molecule has 1 fully saturated rings. The maximum Gasteiger partial charge on any atom is 0.494 e. The summed E-state index contributed by atoms with van der Waals surface area (Å²) in [7, 11) is -0.381. The number of para-hydroxylation sites is 6. The van der Waals surface area contributed by atoms with Gasteiger partial charge in [-0.2, -0.15) is 0 Å². The van der Waals surface area contributed by atoms with Crippen LogP contribution in [0.5, 0.6) is 0 Å². The van der Waals surface area contributed by atoms with Crippen molar-refractivity contribution in [3.8, 4) is 33.4 Å². The molecule has 1 aliphatic heterocycles. The molecule has 0 N–H and O–H groups in total. The molecule has 8 heteroatoms. The van der Waals surface area contributed by atoms with Crippen molar-refractivity contribution in [3.05, 3.63) is 320 Å². The van der Waals surface area contributed by atoms with Gasteiger partial charge in [0, 0.05) is 26.0 Å². The van der Waals surface area contributed by atoms with Crippen molar-refractivity contribution in [1.29, 1.82) is 0 Å². The lowest BCUT2D eigenvalue weighted by atomic mass is 9.78. The van der Waals surface area contributed by atoms with Gasteiger partial charge in [0.15, 0.2) is 0 Å². The van der Waals surface area contributed by atoms with Crippen molar-refractivity contribution in [1.82, 2.24) is 18.8 Å². The Kier molecular flexibility index (Phi) is 13.9. The predicted octanol–water partition coefficient (Wildman–Crippen LogP) is 24.3. The van der Waals surface area contributed by atoms with Gasteiger partial charge in [-0.05, 0) is 219 Å². The van der Waals surface area contributed by atoms with Crippen molar-refractivity contribution in [3.63, 3.8) is 0 Å². The van der Waals surface area contributed by atoms with E-state index in [2.05, 4.69) is 362 Å². The van der Waals surface area contributed by atoms with E-state index in [9.17, 15) is 0 Å². The number of rotatable bonds is 4.